The van der Waals surface area contributed by atoms with Crippen LogP contribution in [0.25, 0.3) is 11.1 Å². The molecule has 7 nitrogen and oxygen atoms in total. The van der Waals surface area contributed by atoms with Crippen LogP contribution in [-0.2, 0) is 22.2 Å². The van der Waals surface area contributed by atoms with Crippen molar-refractivity contribution in [2.75, 3.05) is 17.2 Å². The van der Waals surface area contributed by atoms with Crippen molar-refractivity contribution in [2.24, 2.45) is 0 Å². The second-order valence-electron chi connectivity index (χ2n) is 11.5. The van der Waals surface area contributed by atoms with Crippen molar-refractivity contribution in [3.8, 4) is 16.9 Å². The predicted molar refractivity (Wildman–Crippen MR) is 170 cm³/mol. The van der Waals surface area contributed by atoms with Crippen molar-refractivity contribution in [1.29, 1.82) is 0 Å². The molecule has 220 valence electrons. The largest absolute Gasteiger partial charge is 0.493 e. The number of hydrogen-bond donors (Lipinski definition) is 3. The number of carboxylic acid groups (broad SMARTS) is 1. The van der Waals surface area contributed by atoms with Gasteiger partial charge in [-0.05, 0) is 61.2 Å². The minimum absolute atomic E-state index is 0.0781. The second kappa shape index (κ2) is 14.0. The van der Waals surface area contributed by atoms with E-state index >= 15 is 0 Å². The number of aryl methyl sites for hydroxylation is 1. The third kappa shape index (κ3) is 9.08. The summed E-state index contributed by atoms with van der Waals surface area (Å²) in [5.74, 6) is 0.479. The maximum Gasteiger partial charge on any atom is 0.409 e. The first kappa shape index (κ1) is 32.2. The minimum Gasteiger partial charge on any atom is -0.493 e. The number of ether oxygens (including phenoxy) is 1. The van der Waals surface area contributed by atoms with Crippen LogP contribution < -0.4 is 15.4 Å². The molecule has 2 amide bonds. The van der Waals surface area contributed by atoms with Gasteiger partial charge in [0.2, 0.25) is 5.91 Å². The fourth-order valence-corrected chi connectivity index (χ4v) is 5.25. The fourth-order valence-electron chi connectivity index (χ4n) is 4.07. The standard InChI is InChI=1S/C32H41ClN2O5Si/c1-7-39-29-20-28(26(33)19-24(29)21-40-41(5,6)32(2,3)4)34-30(36)15-11-12-22-16-17-25(23-13-9-8-10-14-23)27(18-22)35-31(37)38/h8-10,13-14,16-20,35H,7,11-12,15,21H2,1-6H3,(H,34,36)(H,37,38). The Balaban J connectivity index is 1.65. The number of carbonyl (C=O) groups excluding carboxylic acids is 1. The molecule has 0 bridgehead atoms. The van der Waals surface area contributed by atoms with Crippen molar-refractivity contribution in [3.63, 3.8) is 0 Å². The normalized spacial score (nSPS) is 11.7. The average Bonchev–Trinajstić information content (AvgIpc) is 2.89. The Morgan fingerprint density at radius 2 is 1.68 bits per heavy atom. The van der Waals surface area contributed by atoms with Crippen molar-refractivity contribution in [2.45, 2.75) is 71.7 Å². The molecule has 0 atom stereocenters. The zero-order valence-corrected chi connectivity index (χ0v) is 26.5. The van der Waals surface area contributed by atoms with E-state index in [1.54, 1.807) is 12.1 Å². The van der Waals surface area contributed by atoms with Crippen LogP contribution in [0.2, 0.25) is 23.2 Å². The molecule has 3 rings (SSSR count). The van der Waals surface area contributed by atoms with E-state index in [0.717, 1.165) is 22.3 Å². The van der Waals surface area contributed by atoms with Gasteiger partial charge in [-0.25, -0.2) is 4.79 Å². The first-order valence-corrected chi connectivity index (χ1v) is 17.2. The highest BCUT2D eigenvalue weighted by Crippen LogP contribution is 2.39. The molecule has 0 radical (unpaired) electrons. The van der Waals surface area contributed by atoms with Gasteiger partial charge >= 0.3 is 6.09 Å². The molecule has 0 heterocycles. The third-order valence-corrected chi connectivity index (χ3v) is 12.2. The lowest BCUT2D eigenvalue weighted by atomic mass is 9.99. The van der Waals surface area contributed by atoms with Crippen LogP contribution in [0, 0.1) is 0 Å². The van der Waals surface area contributed by atoms with Crippen molar-refractivity contribution in [1.82, 2.24) is 0 Å². The van der Waals surface area contributed by atoms with E-state index in [0.29, 0.717) is 48.2 Å². The third-order valence-electron chi connectivity index (χ3n) is 7.40. The average molecular weight is 597 g/mol. The van der Waals surface area contributed by atoms with Gasteiger partial charge in [-0.1, -0.05) is 74.8 Å². The Bertz CT molecular complexity index is 1360. The lowest BCUT2D eigenvalue weighted by Gasteiger charge is -2.36. The summed E-state index contributed by atoms with van der Waals surface area (Å²) in [6, 6.07) is 18.9. The fraction of sp³-hybridized carbons (Fsp3) is 0.375. The van der Waals surface area contributed by atoms with Crippen molar-refractivity contribution < 1.29 is 23.9 Å². The van der Waals surface area contributed by atoms with Crippen molar-refractivity contribution in [3.05, 3.63) is 76.8 Å². The zero-order valence-electron chi connectivity index (χ0n) is 24.8. The first-order valence-electron chi connectivity index (χ1n) is 13.9. The minimum atomic E-state index is -1.97. The van der Waals surface area contributed by atoms with E-state index in [-0.39, 0.29) is 17.4 Å². The Kier molecular flexibility index (Phi) is 11.0. The van der Waals surface area contributed by atoms with Gasteiger partial charge in [0.15, 0.2) is 8.32 Å². The van der Waals surface area contributed by atoms with E-state index in [1.165, 1.54) is 0 Å². The molecule has 3 aromatic rings. The molecule has 0 saturated carbocycles. The highest BCUT2D eigenvalue weighted by atomic mass is 35.5. The lowest BCUT2D eigenvalue weighted by Crippen LogP contribution is -2.40. The molecular formula is C32H41ClN2O5Si. The highest BCUT2D eigenvalue weighted by Gasteiger charge is 2.37. The van der Waals surface area contributed by atoms with Crippen molar-refractivity contribution >= 4 is 43.3 Å². The quantitative estimate of drug-likeness (QED) is 0.181. The number of hydrogen-bond acceptors (Lipinski definition) is 4. The number of amides is 2. The van der Waals surface area contributed by atoms with E-state index in [4.69, 9.17) is 20.8 Å². The molecule has 0 aliphatic heterocycles. The Labute approximate surface area is 249 Å². The van der Waals surface area contributed by atoms with Gasteiger partial charge < -0.3 is 19.6 Å². The van der Waals surface area contributed by atoms with Gasteiger partial charge in [0, 0.05) is 23.6 Å². The van der Waals surface area contributed by atoms with Crippen LogP contribution in [0.4, 0.5) is 16.2 Å². The predicted octanol–water partition coefficient (Wildman–Crippen LogP) is 8.98. The van der Waals surface area contributed by atoms with Gasteiger partial charge in [-0.2, -0.15) is 0 Å². The summed E-state index contributed by atoms with van der Waals surface area (Å²) in [7, 11) is -1.97. The van der Waals surface area contributed by atoms with Gasteiger partial charge in [0.1, 0.15) is 5.75 Å². The number of rotatable bonds is 12. The summed E-state index contributed by atoms with van der Waals surface area (Å²) < 4.78 is 12.2. The number of benzene rings is 3. The van der Waals surface area contributed by atoms with E-state index < -0.39 is 14.4 Å². The number of nitrogens with one attached hydrogen (secondary N) is 2. The Morgan fingerprint density at radius 3 is 2.32 bits per heavy atom. The van der Waals surface area contributed by atoms with Gasteiger partial charge in [0.25, 0.3) is 0 Å². The Morgan fingerprint density at radius 1 is 0.976 bits per heavy atom. The van der Waals surface area contributed by atoms with Gasteiger partial charge in [-0.3, -0.25) is 10.1 Å². The molecule has 0 fully saturated rings. The molecular weight excluding hydrogens is 556 g/mol. The van der Waals surface area contributed by atoms with Crippen LogP contribution in [0.5, 0.6) is 5.75 Å². The molecule has 9 heteroatoms. The lowest BCUT2D eigenvalue weighted by molar-refractivity contribution is -0.116. The molecule has 3 N–H and O–H groups in total. The molecule has 0 saturated heterocycles. The molecule has 3 aromatic carbocycles. The topological polar surface area (TPSA) is 96.9 Å². The summed E-state index contributed by atoms with van der Waals surface area (Å²) in [5.41, 5.74) is 4.51. The van der Waals surface area contributed by atoms with Gasteiger partial charge in [0.05, 0.1) is 29.6 Å². The van der Waals surface area contributed by atoms with Gasteiger partial charge in [-0.15, -0.1) is 0 Å². The maximum atomic E-state index is 12.8. The molecule has 41 heavy (non-hydrogen) atoms. The maximum absolute atomic E-state index is 12.8. The van der Waals surface area contributed by atoms with Crippen LogP contribution in [0.15, 0.2) is 60.7 Å². The smallest absolute Gasteiger partial charge is 0.409 e. The summed E-state index contributed by atoms with van der Waals surface area (Å²) in [4.78, 5) is 24.2. The summed E-state index contributed by atoms with van der Waals surface area (Å²) in [5, 5.41) is 15.2. The SMILES string of the molecule is CCOc1cc(NC(=O)CCCc2ccc(-c3ccccc3)c(NC(=O)O)c2)c(Cl)cc1CO[Si](C)(C)C(C)(C)C. The first-order chi connectivity index (χ1) is 19.3. The summed E-state index contributed by atoms with van der Waals surface area (Å²) >= 11 is 6.57. The monoisotopic (exact) mass is 596 g/mol. The molecule has 0 unspecified atom stereocenters. The van der Waals surface area contributed by atoms with E-state index in [2.05, 4.69) is 44.5 Å². The molecule has 0 spiro atoms. The van der Waals surface area contributed by atoms with Crippen LogP contribution >= 0.6 is 11.6 Å². The molecule has 0 aromatic heterocycles. The second-order valence-corrected chi connectivity index (χ2v) is 16.7. The highest BCUT2D eigenvalue weighted by molar-refractivity contribution is 6.74. The zero-order chi connectivity index (χ0) is 30.2. The molecule has 0 aliphatic carbocycles. The summed E-state index contributed by atoms with van der Waals surface area (Å²) in [6.07, 6.45) is 0.341. The molecule has 0 aliphatic rings. The van der Waals surface area contributed by atoms with E-state index in [1.807, 2.05) is 55.5 Å². The van der Waals surface area contributed by atoms with Crippen LogP contribution in [0.1, 0.15) is 51.7 Å². The van der Waals surface area contributed by atoms with Crippen LogP contribution in [0.3, 0.4) is 0 Å². The Hall–Kier alpha value is -3.33. The van der Waals surface area contributed by atoms with E-state index in [9.17, 15) is 14.7 Å². The van der Waals surface area contributed by atoms with Crippen LogP contribution in [-0.4, -0.2) is 32.0 Å². The number of anilines is 2. The summed E-state index contributed by atoms with van der Waals surface area (Å²) in [6.45, 7) is 13.8. The number of carbonyl (C=O) groups is 2. The number of halogens is 1.